The zero-order chi connectivity index (χ0) is 20.1. The van der Waals surface area contributed by atoms with Crippen molar-refractivity contribution in [2.24, 2.45) is 0 Å². The van der Waals surface area contributed by atoms with Crippen LogP contribution in [-0.4, -0.2) is 34.8 Å². The van der Waals surface area contributed by atoms with E-state index in [0.29, 0.717) is 10.0 Å². The van der Waals surface area contributed by atoms with Gasteiger partial charge in [-0.05, 0) is 24.0 Å². The van der Waals surface area contributed by atoms with Crippen LogP contribution >= 0.6 is 23.1 Å². The number of carbonyl (C=O) groups excluding carboxylic acids is 2. The van der Waals surface area contributed by atoms with Gasteiger partial charge in [-0.1, -0.05) is 42.1 Å². The summed E-state index contributed by atoms with van der Waals surface area (Å²) < 4.78 is 5.80. The lowest BCUT2D eigenvalue weighted by atomic mass is 10.2. The van der Waals surface area contributed by atoms with Crippen molar-refractivity contribution in [2.75, 3.05) is 18.7 Å². The molecule has 0 aliphatic rings. The van der Waals surface area contributed by atoms with E-state index >= 15 is 0 Å². The second kappa shape index (κ2) is 8.85. The van der Waals surface area contributed by atoms with Gasteiger partial charge in [0, 0.05) is 4.88 Å². The van der Waals surface area contributed by atoms with Crippen molar-refractivity contribution < 1.29 is 14.3 Å². The second-order valence-corrected chi connectivity index (χ2v) is 7.47. The number of thiophene rings is 1. The highest BCUT2D eigenvalue weighted by molar-refractivity contribution is 7.98. The van der Waals surface area contributed by atoms with Gasteiger partial charge in [0.05, 0.1) is 18.2 Å². The van der Waals surface area contributed by atoms with Gasteiger partial charge >= 0.3 is 5.97 Å². The Morgan fingerprint density at radius 1 is 1.21 bits per heavy atom. The van der Waals surface area contributed by atoms with Gasteiger partial charge in [0.1, 0.15) is 12.2 Å². The van der Waals surface area contributed by atoms with Crippen LogP contribution in [0.25, 0.3) is 10.4 Å². The molecule has 9 heteroatoms. The number of esters is 1. The van der Waals surface area contributed by atoms with Crippen molar-refractivity contribution in [1.82, 2.24) is 9.55 Å². The standard InChI is InChI=1S/C19H17N3O4S2/c1-26-16(23)11-22-18(25)13(10-20-19(22)27-2)21-17(24)15-9-8-14(28-15)12-6-4-3-5-7-12/h3-10H,11H2,1-2H3,(H,21,24). The van der Waals surface area contributed by atoms with Crippen molar-refractivity contribution in [3.63, 3.8) is 0 Å². The van der Waals surface area contributed by atoms with E-state index in [1.165, 1.54) is 41.0 Å². The van der Waals surface area contributed by atoms with Gasteiger partial charge in [-0.3, -0.25) is 19.0 Å². The number of hydrogen-bond donors (Lipinski definition) is 1. The molecular formula is C19H17N3O4S2. The van der Waals surface area contributed by atoms with Crippen molar-refractivity contribution in [2.45, 2.75) is 11.7 Å². The monoisotopic (exact) mass is 415 g/mol. The minimum atomic E-state index is -0.576. The first-order valence-corrected chi connectivity index (χ1v) is 10.2. The van der Waals surface area contributed by atoms with Crippen LogP contribution in [0.15, 0.2) is 58.6 Å². The lowest BCUT2D eigenvalue weighted by molar-refractivity contribution is -0.141. The Morgan fingerprint density at radius 3 is 2.64 bits per heavy atom. The van der Waals surface area contributed by atoms with Gasteiger partial charge in [-0.15, -0.1) is 11.3 Å². The van der Waals surface area contributed by atoms with Gasteiger partial charge in [-0.2, -0.15) is 0 Å². The molecular weight excluding hydrogens is 398 g/mol. The van der Waals surface area contributed by atoms with Crippen LogP contribution in [0.3, 0.4) is 0 Å². The van der Waals surface area contributed by atoms with E-state index < -0.39 is 17.4 Å². The summed E-state index contributed by atoms with van der Waals surface area (Å²) in [6.07, 6.45) is 3.04. The average molecular weight is 415 g/mol. The molecule has 2 aromatic heterocycles. The first kappa shape index (κ1) is 19.8. The van der Waals surface area contributed by atoms with Crippen LogP contribution in [0.4, 0.5) is 5.69 Å². The quantitative estimate of drug-likeness (QED) is 0.378. The number of rotatable bonds is 6. The summed E-state index contributed by atoms with van der Waals surface area (Å²) in [7, 11) is 1.24. The normalized spacial score (nSPS) is 10.5. The van der Waals surface area contributed by atoms with E-state index in [1.807, 2.05) is 36.4 Å². The summed E-state index contributed by atoms with van der Waals surface area (Å²) in [6.45, 7) is -0.278. The van der Waals surface area contributed by atoms with Crippen molar-refractivity contribution in [1.29, 1.82) is 0 Å². The van der Waals surface area contributed by atoms with Gasteiger partial charge in [0.2, 0.25) is 0 Å². The molecule has 0 unspecified atom stereocenters. The number of hydrogen-bond acceptors (Lipinski definition) is 7. The van der Waals surface area contributed by atoms with E-state index in [1.54, 1.807) is 12.3 Å². The number of ether oxygens (including phenoxy) is 1. The zero-order valence-corrected chi connectivity index (χ0v) is 16.8. The predicted octanol–water partition coefficient (Wildman–Crippen LogP) is 3.12. The van der Waals surface area contributed by atoms with E-state index in [9.17, 15) is 14.4 Å². The highest BCUT2D eigenvalue weighted by Crippen LogP contribution is 2.28. The average Bonchev–Trinajstić information content (AvgIpc) is 3.22. The third kappa shape index (κ3) is 4.32. The summed E-state index contributed by atoms with van der Waals surface area (Å²) in [6, 6.07) is 13.3. The third-order valence-corrected chi connectivity index (χ3v) is 5.67. The van der Waals surface area contributed by atoms with Crippen LogP contribution in [0.5, 0.6) is 0 Å². The number of methoxy groups -OCH3 is 1. The molecule has 0 radical (unpaired) electrons. The van der Waals surface area contributed by atoms with Crippen LogP contribution in [0, 0.1) is 0 Å². The number of aromatic nitrogens is 2. The number of benzene rings is 1. The minimum absolute atomic E-state index is 0.00126. The molecule has 0 aliphatic carbocycles. The number of nitrogens with zero attached hydrogens (tertiary/aromatic N) is 2. The lowest BCUT2D eigenvalue weighted by Crippen LogP contribution is -2.30. The Morgan fingerprint density at radius 2 is 1.96 bits per heavy atom. The SMILES string of the molecule is COC(=O)Cn1c(SC)ncc(NC(=O)c2ccc(-c3ccccc3)s2)c1=O. The van der Waals surface area contributed by atoms with Crippen molar-refractivity contribution >= 4 is 40.7 Å². The molecule has 144 valence electrons. The molecule has 28 heavy (non-hydrogen) atoms. The molecule has 7 nitrogen and oxygen atoms in total. The second-order valence-electron chi connectivity index (χ2n) is 5.61. The fourth-order valence-electron chi connectivity index (χ4n) is 2.46. The summed E-state index contributed by atoms with van der Waals surface area (Å²) in [5.74, 6) is -0.985. The number of nitrogens with one attached hydrogen (secondary N) is 1. The Hall–Kier alpha value is -2.91. The highest BCUT2D eigenvalue weighted by Gasteiger charge is 2.17. The van der Waals surface area contributed by atoms with Gasteiger partial charge < -0.3 is 10.1 Å². The Bertz CT molecular complexity index is 1060. The maximum atomic E-state index is 12.7. The molecule has 0 aliphatic heterocycles. The minimum Gasteiger partial charge on any atom is -0.468 e. The molecule has 0 fully saturated rings. The van der Waals surface area contributed by atoms with Crippen molar-refractivity contribution in [3.8, 4) is 10.4 Å². The van der Waals surface area contributed by atoms with E-state index in [-0.39, 0.29) is 12.2 Å². The zero-order valence-electron chi connectivity index (χ0n) is 15.2. The Balaban J connectivity index is 1.85. The number of carbonyl (C=O) groups is 2. The summed E-state index contributed by atoms with van der Waals surface area (Å²) in [5, 5.41) is 2.95. The summed E-state index contributed by atoms with van der Waals surface area (Å²) in [4.78, 5) is 42.4. The molecule has 0 saturated heterocycles. The van der Waals surface area contributed by atoms with Gasteiger partial charge in [-0.25, -0.2) is 4.98 Å². The molecule has 0 atom stereocenters. The molecule has 1 aromatic carbocycles. The summed E-state index contributed by atoms with van der Waals surface area (Å²) in [5.41, 5.74) is 0.497. The molecule has 1 amide bonds. The molecule has 0 spiro atoms. The molecule has 0 saturated carbocycles. The smallest absolute Gasteiger partial charge is 0.325 e. The van der Waals surface area contributed by atoms with Crippen molar-refractivity contribution in [3.05, 3.63) is 63.9 Å². The third-order valence-electron chi connectivity index (χ3n) is 3.84. The fourth-order valence-corrected chi connectivity index (χ4v) is 3.89. The van der Waals surface area contributed by atoms with Crippen LogP contribution < -0.4 is 10.9 Å². The Kier molecular flexibility index (Phi) is 6.27. The van der Waals surface area contributed by atoms with Gasteiger partial charge in [0.15, 0.2) is 5.16 Å². The van der Waals surface area contributed by atoms with Crippen LogP contribution in [0.2, 0.25) is 0 Å². The molecule has 1 N–H and O–H groups in total. The van der Waals surface area contributed by atoms with Crippen LogP contribution in [0.1, 0.15) is 9.67 Å². The van der Waals surface area contributed by atoms with E-state index in [0.717, 1.165) is 10.4 Å². The molecule has 2 heterocycles. The number of amides is 1. The lowest BCUT2D eigenvalue weighted by Gasteiger charge is -2.11. The maximum absolute atomic E-state index is 12.7. The largest absolute Gasteiger partial charge is 0.468 e. The van der Waals surface area contributed by atoms with E-state index in [4.69, 9.17) is 0 Å². The van der Waals surface area contributed by atoms with E-state index in [2.05, 4.69) is 15.0 Å². The highest BCUT2D eigenvalue weighted by atomic mass is 32.2. The fraction of sp³-hybridized carbons (Fsp3) is 0.158. The number of thioether (sulfide) groups is 1. The molecule has 0 bridgehead atoms. The predicted molar refractivity (Wildman–Crippen MR) is 110 cm³/mol. The number of anilines is 1. The molecule has 3 aromatic rings. The maximum Gasteiger partial charge on any atom is 0.325 e. The first-order valence-electron chi connectivity index (χ1n) is 8.20. The summed E-state index contributed by atoms with van der Waals surface area (Å²) >= 11 is 2.55. The first-order chi connectivity index (χ1) is 13.5. The Labute approximate surface area is 169 Å². The van der Waals surface area contributed by atoms with Gasteiger partial charge in [0.25, 0.3) is 11.5 Å². The molecule has 3 rings (SSSR count). The van der Waals surface area contributed by atoms with Crippen LogP contribution in [-0.2, 0) is 16.1 Å². The topological polar surface area (TPSA) is 90.3 Å².